The number of nitrogens with zero attached hydrogens (tertiary/aromatic N) is 5. The second-order valence-electron chi connectivity index (χ2n) is 7.24. The Balaban J connectivity index is 1.55. The molecule has 25 heavy (non-hydrogen) atoms. The van der Waals surface area contributed by atoms with Crippen molar-refractivity contribution in [2.24, 2.45) is 0 Å². The number of aromatic nitrogens is 5. The first-order valence-electron chi connectivity index (χ1n) is 9.00. The minimum Gasteiger partial charge on any atom is -0.382 e. The van der Waals surface area contributed by atoms with E-state index in [0.29, 0.717) is 30.3 Å². The largest absolute Gasteiger partial charge is 0.382 e. The van der Waals surface area contributed by atoms with Crippen LogP contribution in [0, 0.1) is 6.92 Å². The van der Waals surface area contributed by atoms with Crippen LogP contribution in [0.4, 0.5) is 0 Å². The van der Waals surface area contributed by atoms with Gasteiger partial charge in [0, 0.05) is 12.2 Å². The number of rotatable bonds is 3. The van der Waals surface area contributed by atoms with Crippen LogP contribution in [0.15, 0.2) is 12.4 Å². The number of piperidine rings is 1. The summed E-state index contributed by atoms with van der Waals surface area (Å²) in [6.07, 6.45) is 9.22. The van der Waals surface area contributed by atoms with Gasteiger partial charge in [0.05, 0.1) is 30.5 Å². The number of aliphatic hydroxyl groups is 1. The minimum absolute atomic E-state index is 0.0663. The fraction of sp³-hybridized carbons (Fsp3) is 0.647. The Morgan fingerprint density at radius 1 is 1.32 bits per heavy atom. The molecule has 0 bridgehead atoms. The van der Waals surface area contributed by atoms with Gasteiger partial charge in [0.25, 0.3) is 5.91 Å². The lowest BCUT2D eigenvalue weighted by atomic mass is 9.89. The summed E-state index contributed by atoms with van der Waals surface area (Å²) in [5.74, 6) is -0.0663. The second-order valence-corrected chi connectivity index (χ2v) is 7.24. The molecule has 0 unspecified atom stereocenters. The molecule has 8 heteroatoms. The van der Waals surface area contributed by atoms with E-state index < -0.39 is 5.60 Å². The molecule has 2 N–H and O–H groups in total. The van der Waals surface area contributed by atoms with E-state index in [0.717, 1.165) is 25.0 Å². The van der Waals surface area contributed by atoms with Crippen LogP contribution in [0.5, 0.6) is 0 Å². The van der Waals surface area contributed by atoms with E-state index in [-0.39, 0.29) is 12.5 Å². The van der Waals surface area contributed by atoms with Gasteiger partial charge in [0.15, 0.2) is 0 Å². The molecule has 2 aromatic heterocycles. The molecule has 1 saturated heterocycles. The van der Waals surface area contributed by atoms with Crippen molar-refractivity contribution in [2.75, 3.05) is 13.1 Å². The number of likely N-dealkylation sites (tertiary alicyclic amines) is 1. The first-order valence-corrected chi connectivity index (χ1v) is 9.00. The van der Waals surface area contributed by atoms with Crippen LogP contribution in [0.2, 0.25) is 0 Å². The lowest BCUT2D eigenvalue weighted by Gasteiger charge is -2.37. The van der Waals surface area contributed by atoms with Gasteiger partial charge in [0.1, 0.15) is 11.3 Å². The summed E-state index contributed by atoms with van der Waals surface area (Å²) in [5, 5.41) is 25.7. The highest BCUT2D eigenvalue weighted by Crippen LogP contribution is 2.33. The maximum atomic E-state index is 13.0. The smallest absolute Gasteiger partial charge is 0.257 e. The molecule has 0 aromatic carbocycles. The molecule has 8 nitrogen and oxygen atoms in total. The fourth-order valence-corrected chi connectivity index (χ4v) is 4.17. The quantitative estimate of drug-likeness (QED) is 0.880. The van der Waals surface area contributed by atoms with E-state index >= 15 is 0 Å². The van der Waals surface area contributed by atoms with Gasteiger partial charge in [-0.15, -0.1) is 0 Å². The molecule has 2 aromatic rings. The Morgan fingerprint density at radius 3 is 2.84 bits per heavy atom. The zero-order chi connectivity index (χ0) is 17.4. The molecule has 0 spiro atoms. The van der Waals surface area contributed by atoms with Crippen molar-refractivity contribution in [3.63, 3.8) is 0 Å². The standard InChI is InChI=1S/C17H24N6O2/c1-12-14(9-19-23(12)13-5-2-3-6-13)16(24)22-8-4-7-17(25,11-22)15-10-18-21-20-15/h9-10,13,25H,2-8,11H2,1H3,(H,18,20,21)/t17-/m0/s1. The molecule has 1 aliphatic carbocycles. The maximum absolute atomic E-state index is 13.0. The lowest BCUT2D eigenvalue weighted by molar-refractivity contribution is -0.0320. The van der Waals surface area contributed by atoms with E-state index in [1.54, 1.807) is 11.1 Å². The predicted molar refractivity (Wildman–Crippen MR) is 89.9 cm³/mol. The Bertz CT molecular complexity index is 749. The van der Waals surface area contributed by atoms with E-state index in [2.05, 4.69) is 20.5 Å². The summed E-state index contributed by atoms with van der Waals surface area (Å²) in [7, 11) is 0. The van der Waals surface area contributed by atoms with Gasteiger partial charge in [-0.2, -0.15) is 20.5 Å². The number of carbonyl (C=O) groups is 1. The average Bonchev–Trinajstić information content (AvgIpc) is 3.36. The average molecular weight is 344 g/mol. The number of amides is 1. The molecule has 1 amide bonds. The summed E-state index contributed by atoms with van der Waals surface area (Å²) in [6, 6.07) is 0.412. The van der Waals surface area contributed by atoms with Gasteiger partial charge in [-0.3, -0.25) is 9.48 Å². The molecule has 1 saturated carbocycles. The van der Waals surface area contributed by atoms with Crippen LogP contribution in [0.25, 0.3) is 0 Å². The van der Waals surface area contributed by atoms with Crippen LogP contribution in [-0.2, 0) is 5.60 Å². The first-order chi connectivity index (χ1) is 12.1. The van der Waals surface area contributed by atoms with Crippen LogP contribution >= 0.6 is 0 Å². The molecule has 2 aliphatic rings. The number of H-pyrrole nitrogens is 1. The molecule has 2 fully saturated rings. The van der Waals surface area contributed by atoms with Gasteiger partial charge in [0.2, 0.25) is 0 Å². The van der Waals surface area contributed by atoms with Crippen molar-refractivity contribution >= 4 is 5.91 Å². The highest BCUT2D eigenvalue weighted by Gasteiger charge is 2.39. The predicted octanol–water partition coefficient (Wildman–Crippen LogP) is 1.55. The Kier molecular flexibility index (Phi) is 4.07. The van der Waals surface area contributed by atoms with Gasteiger partial charge < -0.3 is 10.0 Å². The Hall–Kier alpha value is -2.22. The van der Waals surface area contributed by atoms with Crippen molar-refractivity contribution in [3.05, 3.63) is 29.3 Å². The van der Waals surface area contributed by atoms with Gasteiger partial charge in [-0.1, -0.05) is 12.8 Å². The van der Waals surface area contributed by atoms with Crippen molar-refractivity contribution in [1.29, 1.82) is 0 Å². The first kappa shape index (κ1) is 16.3. The molecule has 4 rings (SSSR count). The third-order valence-electron chi connectivity index (χ3n) is 5.60. The van der Waals surface area contributed by atoms with E-state index in [1.807, 2.05) is 11.6 Å². The van der Waals surface area contributed by atoms with Crippen molar-refractivity contribution in [2.45, 2.75) is 57.1 Å². The maximum Gasteiger partial charge on any atom is 0.257 e. The van der Waals surface area contributed by atoms with Crippen molar-refractivity contribution < 1.29 is 9.90 Å². The molecular weight excluding hydrogens is 320 g/mol. The number of hydrogen-bond acceptors (Lipinski definition) is 5. The second kappa shape index (κ2) is 6.25. The molecule has 1 atom stereocenters. The highest BCUT2D eigenvalue weighted by atomic mass is 16.3. The molecule has 3 heterocycles. The van der Waals surface area contributed by atoms with Crippen LogP contribution in [0.3, 0.4) is 0 Å². The number of carbonyl (C=O) groups excluding carboxylic acids is 1. The lowest BCUT2D eigenvalue weighted by Crippen LogP contribution is -2.48. The van der Waals surface area contributed by atoms with Crippen molar-refractivity contribution in [3.8, 4) is 0 Å². The molecular formula is C17H24N6O2. The van der Waals surface area contributed by atoms with Gasteiger partial charge in [-0.05, 0) is 32.6 Å². The SMILES string of the molecule is Cc1c(C(=O)N2CCC[C@@](O)(c3cn[nH]n3)C2)cnn1C1CCCC1. The Morgan fingerprint density at radius 2 is 2.12 bits per heavy atom. The minimum atomic E-state index is -1.14. The highest BCUT2D eigenvalue weighted by molar-refractivity contribution is 5.95. The van der Waals surface area contributed by atoms with E-state index in [1.165, 1.54) is 19.0 Å². The summed E-state index contributed by atoms with van der Waals surface area (Å²) < 4.78 is 2.01. The van der Waals surface area contributed by atoms with E-state index in [9.17, 15) is 9.90 Å². The number of nitrogens with one attached hydrogen (secondary N) is 1. The third-order valence-corrected chi connectivity index (χ3v) is 5.60. The zero-order valence-corrected chi connectivity index (χ0v) is 14.5. The Labute approximate surface area is 146 Å². The van der Waals surface area contributed by atoms with Gasteiger partial charge >= 0.3 is 0 Å². The number of β-amino-alcohol motifs (C(OH)–C–C–N with tert-alkyl or cyclic N) is 1. The summed E-state index contributed by atoms with van der Waals surface area (Å²) in [6.45, 7) is 2.83. The topological polar surface area (TPSA) is 99.9 Å². The monoisotopic (exact) mass is 344 g/mol. The van der Waals surface area contributed by atoms with Gasteiger partial charge in [-0.25, -0.2) is 0 Å². The number of aromatic amines is 1. The molecule has 134 valence electrons. The van der Waals surface area contributed by atoms with E-state index in [4.69, 9.17) is 0 Å². The number of hydrogen-bond donors (Lipinski definition) is 2. The normalized spacial score (nSPS) is 24.8. The van der Waals surface area contributed by atoms with Crippen LogP contribution in [-0.4, -0.2) is 54.2 Å². The third kappa shape index (κ3) is 2.84. The van der Waals surface area contributed by atoms with Crippen LogP contribution in [0.1, 0.15) is 66.3 Å². The van der Waals surface area contributed by atoms with Crippen LogP contribution < -0.4 is 0 Å². The zero-order valence-electron chi connectivity index (χ0n) is 14.5. The summed E-state index contributed by atoms with van der Waals surface area (Å²) >= 11 is 0. The summed E-state index contributed by atoms with van der Waals surface area (Å²) in [4.78, 5) is 14.7. The molecule has 0 radical (unpaired) electrons. The molecule has 1 aliphatic heterocycles. The fourth-order valence-electron chi connectivity index (χ4n) is 4.17. The summed E-state index contributed by atoms with van der Waals surface area (Å²) in [5.41, 5.74) is 0.906. The van der Waals surface area contributed by atoms with Crippen molar-refractivity contribution in [1.82, 2.24) is 30.1 Å².